The molecular weight excluding hydrogens is 520 g/mol. The van der Waals surface area contributed by atoms with Crippen molar-refractivity contribution in [2.24, 2.45) is 5.10 Å². The number of nitriles is 1. The van der Waals surface area contributed by atoms with Gasteiger partial charge < -0.3 is 19.2 Å². The number of ether oxygens (including phenoxy) is 3. The maximum atomic E-state index is 13.2. The van der Waals surface area contributed by atoms with Gasteiger partial charge in [0.05, 0.1) is 37.1 Å². The lowest BCUT2D eigenvalue weighted by Gasteiger charge is -2.10. The lowest BCUT2D eigenvalue weighted by molar-refractivity contribution is 0.0729. The second kappa shape index (κ2) is 11.9. The summed E-state index contributed by atoms with van der Waals surface area (Å²) < 4.78 is 16.1. The van der Waals surface area contributed by atoms with E-state index in [-0.39, 0.29) is 11.4 Å². The van der Waals surface area contributed by atoms with Crippen molar-refractivity contribution in [2.45, 2.75) is 0 Å². The van der Waals surface area contributed by atoms with Gasteiger partial charge in [-0.25, -0.2) is 10.2 Å². The summed E-state index contributed by atoms with van der Waals surface area (Å²) >= 11 is 0. The summed E-state index contributed by atoms with van der Waals surface area (Å²) in [6, 6.07) is 28.5. The van der Waals surface area contributed by atoms with Crippen molar-refractivity contribution in [3.8, 4) is 34.4 Å². The number of rotatable bonds is 8. The number of esters is 1. The predicted molar refractivity (Wildman–Crippen MR) is 154 cm³/mol. The van der Waals surface area contributed by atoms with Crippen LogP contribution in [0.2, 0.25) is 0 Å². The minimum Gasteiger partial charge on any atom is -0.497 e. The molecule has 0 aliphatic carbocycles. The van der Waals surface area contributed by atoms with Gasteiger partial charge in [0.25, 0.3) is 5.91 Å². The van der Waals surface area contributed by atoms with Crippen LogP contribution >= 0.6 is 0 Å². The second-order valence-electron chi connectivity index (χ2n) is 8.81. The minimum atomic E-state index is -0.567. The molecule has 5 rings (SSSR count). The molecule has 0 aliphatic rings. The van der Waals surface area contributed by atoms with Gasteiger partial charge in [0.1, 0.15) is 17.5 Å². The molecule has 0 saturated heterocycles. The fourth-order valence-electron chi connectivity index (χ4n) is 4.36. The monoisotopic (exact) mass is 544 g/mol. The van der Waals surface area contributed by atoms with Crippen molar-refractivity contribution < 1.29 is 23.8 Å². The van der Waals surface area contributed by atoms with Crippen LogP contribution in [0.25, 0.3) is 22.0 Å². The molecule has 0 unspecified atom stereocenters. The molecule has 1 heterocycles. The number of methoxy groups -OCH3 is 2. The maximum absolute atomic E-state index is 13.2. The molecule has 0 fully saturated rings. The number of amides is 1. The maximum Gasteiger partial charge on any atom is 0.343 e. The van der Waals surface area contributed by atoms with E-state index in [1.165, 1.54) is 20.4 Å². The Morgan fingerprint density at radius 2 is 1.71 bits per heavy atom. The van der Waals surface area contributed by atoms with Gasteiger partial charge in [0, 0.05) is 10.9 Å². The SMILES string of the molecule is COc1cccc(C(=O)Oc2ccc(C=NNC(=O)c3[nH]c4c(C#N)cccc4c3-c3ccccc3)cc2OC)c1. The molecule has 0 radical (unpaired) electrons. The number of carbonyl (C=O) groups is 2. The summed E-state index contributed by atoms with van der Waals surface area (Å²) in [7, 11) is 2.97. The number of nitrogens with zero attached hydrogens (tertiary/aromatic N) is 2. The molecule has 4 aromatic carbocycles. The van der Waals surface area contributed by atoms with Crippen molar-refractivity contribution in [1.82, 2.24) is 10.4 Å². The number of H-pyrrole nitrogens is 1. The number of benzene rings is 4. The molecule has 9 nitrogen and oxygen atoms in total. The molecule has 0 spiro atoms. The number of para-hydroxylation sites is 1. The number of hydrazone groups is 1. The van der Waals surface area contributed by atoms with E-state index in [0.29, 0.717) is 39.3 Å². The normalized spacial score (nSPS) is 10.8. The van der Waals surface area contributed by atoms with Crippen molar-refractivity contribution in [3.63, 3.8) is 0 Å². The molecule has 0 saturated carbocycles. The zero-order valence-electron chi connectivity index (χ0n) is 22.2. The molecule has 41 heavy (non-hydrogen) atoms. The van der Waals surface area contributed by atoms with Gasteiger partial charge in [0.2, 0.25) is 0 Å². The van der Waals surface area contributed by atoms with Gasteiger partial charge in [0.15, 0.2) is 11.5 Å². The average molecular weight is 545 g/mol. The Bertz CT molecular complexity index is 1820. The summed E-state index contributed by atoms with van der Waals surface area (Å²) in [4.78, 5) is 29.0. The third-order valence-electron chi connectivity index (χ3n) is 6.32. The first-order valence-electron chi connectivity index (χ1n) is 12.5. The van der Waals surface area contributed by atoms with Crippen LogP contribution in [0.1, 0.15) is 32.0 Å². The van der Waals surface area contributed by atoms with E-state index in [1.807, 2.05) is 36.4 Å². The molecule has 9 heteroatoms. The van der Waals surface area contributed by atoms with Gasteiger partial charge in [-0.2, -0.15) is 10.4 Å². The molecule has 202 valence electrons. The highest BCUT2D eigenvalue weighted by Crippen LogP contribution is 2.34. The van der Waals surface area contributed by atoms with E-state index in [4.69, 9.17) is 14.2 Å². The van der Waals surface area contributed by atoms with Crippen LogP contribution in [0.4, 0.5) is 0 Å². The van der Waals surface area contributed by atoms with E-state index < -0.39 is 11.9 Å². The van der Waals surface area contributed by atoms with Crippen molar-refractivity contribution in [3.05, 3.63) is 113 Å². The van der Waals surface area contributed by atoms with E-state index in [0.717, 1.165) is 10.9 Å². The van der Waals surface area contributed by atoms with Gasteiger partial charge in [-0.05, 0) is 53.6 Å². The Morgan fingerprint density at radius 1 is 0.902 bits per heavy atom. The highest BCUT2D eigenvalue weighted by Gasteiger charge is 2.20. The van der Waals surface area contributed by atoms with E-state index in [2.05, 4.69) is 21.6 Å². The fraction of sp³-hybridized carbons (Fsp3) is 0.0625. The first-order chi connectivity index (χ1) is 20.0. The largest absolute Gasteiger partial charge is 0.497 e. The van der Waals surface area contributed by atoms with E-state index >= 15 is 0 Å². The lowest BCUT2D eigenvalue weighted by Crippen LogP contribution is -2.18. The van der Waals surface area contributed by atoms with Crippen LogP contribution in [0.15, 0.2) is 96.1 Å². The Hall–Kier alpha value is -5.88. The summed E-state index contributed by atoms with van der Waals surface area (Å²) in [5.74, 6) is 0.0239. The predicted octanol–water partition coefficient (Wildman–Crippen LogP) is 5.71. The van der Waals surface area contributed by atoms with Crippen molar-refractivity contribution in [2.75, 3.05) is 14.2 Å². The highest BCUT2D eigenvalue weighted by molar-refractivity contribution is 6.10. The number of aromatic nitrogens is 1. The highest BCUT2D eigenvalue weighted by atomic mass is 16.6. The van der Waals surface area contributed by atoms with Crippen LogP contribution < -0.4 is 19.6 Å². The Balaban J connectivity index is 1.36. The number of hydrogen-bond donors (Lipinski definition) is 2. The molecular formula is C32H24N4O5. The molecule has 5 aromatic rings. The number of hydrogen-bond acceptors (Lipinski definition) is 7. The van der Waals surface area contributed by atoms with Crippen LogP contribution in [0.3, 0.4) is 0 Å². The van der Waals surface area contributed by atoms with Gasteiger partial charge in [-0.15, -0.1) is 0 Å². The van der Waals surface area contributed by atoms with Gasteiger partial charge in [-0.1, -0.05) is 48.5 Å². The number of carbonyl (C=O) groups excluding carboxylic acids is 2. The topological polar surface area (TPSA) is 126 Å². The Morgan fingerprint density at radius 3 is 2.46 bits per heavy atom. The third kappa shape index (κ3) is 5.62. The van der Waals surface area contributed by atoms with Gasteiger partial charge in [-0.3, -0.25) is 4.79 Å². The van der Waals surface area contributed by atoms with Gasteiger partial charge >= 0.3 is 5.97 Å². The number of nitrogens with one attached hydrogen (secondary N) is 2. The zero-order valence-corrected chi connectivity index (χ0v) is 22.2. The van der Waals surface area contributed by atoms with Crippen LogP contribution in [0, 0.1) is 11.3 Å². The third-order valence-corrected chi connectivity index (χ3v) is 6.32. The first kappa shape index (κ1) is 26.7. The first-order valence-corrected chi connectivity index (χ1v) is 12.5. The Kier molecular flexibility index (Phi) is 7.74. The summed E-state index contributed by atoms with van der Waals surface area (Å²) in [6.45, 7) is 0. The molecule has 1 amide bonds. The molecule has 0 atom stereocenters. The van der Waals surface area contributed by atoms with Crippen molar-refractivity contribution in [1.29, 1.82) is 5.26 Å². The number of aromatic amines is 1. The van der Waals surface area contributed by atoms with Crippen LogP contribution in [-0.4, -0.2) is 37.3 Å². The smallest absolute Gasteiger partial charge is 0.343 e. The molecule has 0 bridgehead atoms. The van der Waals surface area contributed by atoms with Crippen LogP contribution in [-0.2, 0) is 0 Å². The zero-order chi connectivity index (χ0) is 28.8. The molecule has 0 aliphatic heterocycles. The van der Waals surface area contributed by atoms with E-state index in [9.17, 15) is 14.9 Å². The second-order valence-corrected chi connectivity index (χ2v) is 8.81. The van der Waals surface area contributed by atoms with Crippen LogP contribution in [0.5, 0.6) is 17.2 Å². The fourth-order valence-corrected chi connectivity index (χ4v) is 4.36. The Labute approximate surface area is 235 Å². The summed E-state index contributed by atoms with van der Waals surface area (Å²) in [5, 5.41) is 14.4. The summed E-state index contributed by atoms with van der Waals surface area (Å²) in [5.41, 5.74) is 6.26. The molecule has 1 aromatic heterocycles. The molecule has 2 N–H and O–H groups in total. The lowest BCUT2D eigenvalue weighted by atomic mass is 10.0. The summed E-state index contributed by atoms with van der Waals surface area (Å²) in [6.07, 6.45) is 1.44. The van der Waals surface area contributed by atoms with E-state index in [1.54, 1.807) is 54.6 Å². The van der Waals surface area contributed by atoms with Crippen molar-refractivity contribution >= 4 is 29.0 Å². The minimum absolute atomic E-state index is 0.223. The average Bonchev–Trinajstić information content (AvgIpc) is 3.42. The quantitative estimate of drug-likeness (QED) is 0.112. The standard InChI is InChI=1S/C32H24N4O5/c1-39-24-12-6-10-22(17-24)32(38)41-26-15-14-20(16-27(26)40-2)19-34-36-31(37)30-28(21-8-4-3-5-9-21)25-13-7-11-23(18-33)29(25)35-30/h3-17,19,35H,1-2H3,(H,36,37). The number of fused-ring (bicyclic) bond motifs is 1.